The molecule has 1 aliphatic heterocycles. The van der Waals surface area contributed by atoms with Crippen LogP contribution in [0.1, 0.15) is 20.3 Å². The smallest absolute Gasteiger partial charge is 0.335 e. The molecular formula is C7H13NO3. The Morgan fingerprint density at radius 3 is 2.64 bits per heavy atom. The van der Waals surface area contributed by atoms with E-state index in [9.17, 15) is 4.79 Å². The third kappa shape index (κ3) is 1.91. The standard InChI is InChI=1S/C7H13NO3/c1-4(2)5-3-6(7(9)10)11-8-5/h4-6,8H,3H2,1-2H3,(H,9,10). The lowest BCUT2D eigenvalue weighted by molar-refractivity contribution is -0.150. The van der Waals surface area contributed by atoms with E-state index in [1.54, 1.807) is 0 Å². The largest absolute Gasteiger partial charge is 0.479 e. The molecule has 1 heterocycles. The first-order chi connectivity index (χ1) is 5.11. The Morgan fingerprint density at radius 2 is 2.36 bits per heavy atom. The number of hydroxylamine groups is 1. The molecule has 1 aliphatic rings. The topological polar surface area (TPSA) is 58.6 Å². The van der Waals surface area contributed by atoms with Gasteiger partial charge >= 0.3 is 5.97 Å². The summed E-state index contributed by atoms with van der Waals surface area (Å²) in [4.78, 5) is 15.2. The van der Waals surface area contributed by atoms with E-state index in [4.69, 9.17) is 9.94 Å². The molecule has 2 atom stereocenters. The molecule has 1 rings (SSSR count). The molecule has 0 bridgehead atoms. The molecule has 2 N–H and O–H groups in total. The minimum atomic E-state index is -0.888. The van der Waals surface area contributed by atoms with Crippen LogP contribution in [0.4, 0.5) is 0 Å². The predicted octanol–water partition coefficient (Wildman–Crippen LogP) is 0.389. The van der Waals surface area contributed by atoms with Gasteiger partial charge in [0.15, 0.2) is 6.10 Å². The molecule has 1 saturated heterocycles. The summed E-state index contributed by atoms with van der Waals surface area (Å²) in [5.74, 6) is -0.472. The number of carboxylic acids is 1. The fraction of sp³-hybridized carbons (Fsp3) is 0.857. The lowest BCUT2D eigenvalue weighted by Crippen LogP contribution is -2.25. The van der Waals surface area contributed by atoms with Crippen LogP contribution >= 0.6 is 0 Å². The van der Waals surface area contributed by atoms with Crippen LogP contribution in [0.2, 0.25) is 0 Å². The van der Waals surface area contributed by atoms with Gasteiger partial charge in [0, 0.05) is 12.5 Å². The number of rotatable bonds is 2. The summed E-state index contributed by atoms with van der Waals surface area (Å²) in [5.41, 5.74) is 2.71. The number of carbonyl (C=O) groups is 1. The Kier molecular flexibility index (Phi) is 2.46. The fourth-order valence-corrected chi connectivity index (χ4v) is 1.06. The average Bonchev–Trinajstić information content (AvgIpc) is 2.33. The maximum absolute atomic E-state index is 10.4. The van der Waals surface area contributed by atoms with Crippen LogP contribution < -0.4 is 5.48 Å². The fourth-order valence-electron chi connectivity index (χ4n) is 1.06. The maximum Gasteiger partial charge on any atom is 0.335 e. The number of aliphatic carboxylic acids is 1. The minimum Gasteiger partial charge on any atom is -0.479 e. The normalized spacial score (nSPS) is 31.2. The Bertz CT molecular complexity index is 158. The summed E-state index contributed by atoms with van der Waals surface area (Å²) in [5, 5.41) is 8.55. The van der Waals surface area contributed by atoms with E-state index in [0.29, 0.717) is 12.3 Å². The van der Waals surface area contributed by atoms with Gasteiger partial charge in [0.05, 0.1) is 0 Å². The summed E-state index contributed by atoms with van der Waals surface area (Å²) >= 11 is 0. The molecule has 11 heavy (non-hydrogen) atoms. The van der Waals surface area contributed by atoms with Crippen molar-refractivity contribution in [2.24, 2.45) is 5.92 Å². The first-order valence-electron chi connectivity index (χ1n) is 3.75. The number of nitrogens with one attached hydrogen (secondary N) is 1. The van der Waals surface area contributed by atoms with E-state index in [0.717, 1.165) is 0 Å². The maximum atomic E-state index is 10.4. The first kappa shape index (κ1) is 8.49. The Balaban J connectivity index is 2.41. The van der Waals surface area contributed by atoms with Crippen molar-refractivity contribution in [2.75, 3.05) is 0 Å². The third-order valence-corrected chi connectivity index (χ3v) is 1.91. The zero-order valence-electron chi connectivity index (χ0n) is 6.70. The summed E-state index contributed by atoms with van der Waals surface area (Å²) < 4.78 is 0. The minimum absolute atomic E-state index is 0.177. The van der Waals surface area contributed by atoms with Crippen molar-refractivity contribution in [1.82, 2.24) is 5.48 Å². The second-order valence-corrected chi connectivity index (χ2v) is 3.15. The molecule has 2 unspecified atom stereocenters. The first-order valence-corrected chi connectivity index (χ1v) is 3.75. The van der Waals surface area contributed by atoms with Gasteiger partial charge in [0.2, 0.25) is 0 Å². The van der Waals surface area contributed by atoms with Gasteiger partial charge in [-0.05, 0) is 5.92 Å². The summed E-state index contributed by atoms with van der Waals surface area (Å²) in [6, 6.07) is 0.177. The van der Waals surface area contributed by atoms with Crippen LogP contribution in [0.25, 0.3) is 0 Å². The highest BCUT2D eigenvalue weighted by molar-refractivity contribution is 5.72. The van der Waals surface area contributed by atoms with Crippen LogP contribution in [0.5, 0.6) is 0 Å². The SMILES string of the molecule is CC(C)C1CC(C(=O)O)ON1. The zero-order chi connectivity index (χ0) is 8.43. The molecule has 0 amide bonds. The third-order valence-electron chi connectivity index (χ3n) is 1.91. The quantitative estimate of drug-likeness (QED) is 0.612. The predicted molar refractivity (Wildman–Crippen MR) is 38.9 cm³/mol. The number of hydrogen-bond acceptors (Lipinski definition) is 3. The summed E-state index contributed by atoms with van der Waals surface area (Å²) in [6.07, 6.45) is -0.102. The summed E-state index contributed by atoms with van der Waals surface area (Å²) in [6.45, 7) is 4.07. The highest BCUT2D eigenvalue weighted by Gasteiger charge is 2.32. The highest BCUT2D eigenvalue weighted by Crippen LogP contribution is 2.16. The highest BCUT2D eigenvalue weighted by atomic mass is 16.7. The van der Waals surface area contributed by atoms with Crippen molar-refractivity contribution in [3.8, 4) is 0 Å². The molecule has 0 aliphatic carbocycles. The van der Waals surface area contributed by atoms with Crippen LogP contribution in [-0.4, -0.2) is 23.2 Å². The molecule has 4 heteroatoms. The second kappa shape index (κ2) is 3.19. The lowest BCUT2D eigenvalue weighted by atomic mass is 10.0. The van der Waals surface area contributed by atoms with E-state index >= 15 is 0 Å². The number of carboxylic acid groups (broad SMARTS) is 1. The van der Waals surface area contributed by atoms with Crippen LogP contribution in [-0.2, 0) is 9.63 Å². The van der Waals surface area contributed by atoms with E-state index in [2.05, 4.69) is 5.48 Å². The van der Waals surface area contributed by atoms with Crippen molar-refractivity contribution in [2.45, 2.75) is 32.4 Å². The molecule has 64 valence electrons. The zero-order valence-corrected chi connectivity index (χ0v) is 6.70. The van der Waals surface area contributed by atoms with Crippen molar-refractivity contribution in [1.29, 1.82) is 0 Å². The molecule has 4 nitrogen and oxygen atoms in total. The van der Waals surface area contributed by atoms with Crippen molar-refractivity contribution in [3.05, 3.63) is 0 Å². The monoisotopic (exact) mass is 159 g/mol. The lowest BCUT2D eigenvalue weighted by Gasteiger charge is -2.10. The van der Waals surface area contributed by atoms with Crippen LogP contribution in [0.15, 0.2) is 0 Å². The second-order valence-electron chi connectivity index (χ2n) is 3.15. The van der Waals surface area contributed by atoms with Gasteiger partial charge in [-0.3, -0.25) is 4.84 Å². The van der Waals surface area contributed by atoms with Crippen molar-refractivity contribution in [3.63, 3.8) is 0 Å². The van der Waals surface area contributed by atoms with Crippen LogP contribution in [0.3, 0.4) is 0 Å². The van der Waals surface area contributed by atoms with E-state index in [-0.39, 0.29) is 6.04 Å². The van der Waals surface area contributed by atoms with E-state index in [1.165, 1.54) is 0 Å². The van der Waals surface area contributed by atoms with Gasteiger partial charge in [0.1, 0.15) is 0 Å². The molecule has 0 aromatic carbocycles. The summed E-state index contributed by atoms with van der Waals surface area (Å²) in [7, 11) is 0. The van der Waals surface area contributed by atoms with Crippen LogP contribution in [0, 0.1) is 5.92 Å². The molecule has 1 fully saturated rings. The van der Waals surface area contributed by atoms with Crippen molar-refractivity contribution < 1.29 is 14.7 Å². The van der Waals surface area contributed by atoms with Gasteiger partial charge in [-0.1, -0.05) is 13.8 Å². The molecule has 0 aromatic rings. The van der Waals surface area contributed by atoms with Gasteiger partial charge in [0.25, 0.3) is 0 Å². The van der Waals surface area contributed by atoms with Gasteiger partial charge in [-0.25, -0.2) is 4.79 Å². The molecule has 0 radical (unpaired) electrons. The molecule has 0 saturated carbocycles. The van der Waals surface area contributed by atoms with Gasteiger partial charge in [-0.15, -0.1) is 0 Å². The molecular weight excluding hydrogens is 146 g/mol. The van der Waals surface area contributed by atoms with E-state index < -0.39 is 12.1 Å². The van der Waals surface area contributed by atoms with Gasteiger partial charge < -0.3 is 5.11 Å². The Morgan fingerprint density at radius 1 is 1.73 bits per heavy atom. The van der Waals surface area contributed by atoms with Gasteiger partial charge in [-0.2, -0.15) is 5.48 Å². The Labute approximate surface area is 65.5 Å². The molecule has 0 spiro atoms. The number of hydrogen-bond donors (Lipinski definition) is 2. The Hall–Kier alpha value is -0.610. The van der Waals surface area contributed by atoms with E-state index in [1.807, 2.05) is 13.8 Å². The average molecular weight is 159 g/mol. The van der Waals surface area contributed by atoms with Crippen molar-refractivity contribution >= 4 is 5.97 Å². The molecule has 0 aromatic heterocycles.